The van der Waals surface area contributed by atoms with Crippen LogP contribution in [0.25, 0.3) is 10.8 Å². The maximum absolute atomic E-state index is 13.2. The first-order valence-corrected chi connectivity index (χ1v) is 11.1. The summed E-state index contributed by atoms with van der Waals surface area (Å²) >= 11 is 0. The van der Waals surface area contributed by atoms with Crippen LogP contribution in [-0.2, 0) is 6.54 Å². The number of aryl methyl sites for hydroxylation is 1. The number of carbonyl (C=O) groups is 2. The summed E-state index contributed by atoms with van der Waals surface area (Å²) in [6.45, 7) is 3.56. The highest BCUT2D eigenvalue weighted by atomic mass is 16.3. The van der Waals surface area contributed by atoms with Crippen LogP contribution >= 0.6 is 0 Å². The van der Waals surface area contributed by atoms with Crippen LogP contribution in [0.1, 0.15) is 30.4 Å². The lowest BCUT2D eigenvalue weighted by atomic mass is 9.94. The Morgan fingerprint density at radius 2 is 1.87 bits per heavy atom. The highest BCUT2D eigenvalue weighted by Crippen LogP contribution is 2.32. The minimum Gasteiger partial charge on any atom is -0.396 e. The van der Waals surface area contributed by atoms with Crippen molar-refractivity contribution in [3.05, 3.63) is 47.5 Å². The van der Waals surface area contributed by atoms with Crippen molar-refractivity contribution in [2.45, 2.75) is 44.8 Å². The van der Waals surface area contributed by atoms with Gasteiger partial charge in [0.15, 0.2) is 0 Å². The Morgan fingerprint density at radius 3 is 2.58 bits per heavy atom. The molecule has 0 spiro atoms. The standard InChI is InChI=1S/C24H32N4O3/c1-16-3-5-19-6-4-17(10-20(19)9-16)12-26-24(31)28(21-7-8-21)22-11-18(15-29)13-27(14-22)23(30)25-2/h3-6,9-10,18,21-22,29H,7-8,11-15H2,1-2H3,(H,25,30)(H,26,31). The molecule has 7 heteroatoms. The second-order valence-electron chi connectivity index (χ2n) is 8.88. The number of hydrogen-bond acceptors (Lipinski definition) is 3. The van der Waals surface area contributed by atoms with Gasteiger partial charge in [-0.3, -0.25) is 0 Å². The summed E-state index contributed by atoms with van der Waals surface area (Å²) in [5.41, 5.74) is 2.27. The number of carbonyl (C=O) groups excluding carboxylic acids is 2. The van der Waals surface area contributed by atoms with E-state index in [4.69, 9.17) is 0 Å². The molecule has 4 amide bonds. The SMILES string of the molecule is CNC(=O)N1CC(CO)CC(N(C(=O)NCc2ccc3ccc(C)cc3c2)C2CC2)C1. The number of aliphatic hydroxyl groups excluding tert-OH is 1. The number of fused-ring (bicyclic) bond motifs is 1. The molecule has 1 heterocycles. The first-order chi connectivity index (χ1) is 15.0. The quantitative estimate of drug-likeness (QED) is 0.690. The minimum absolute atomic E-state index is 0.0145. The number of rotatable bonds is 5. The lowest BCUT2D eigenvalue weighted by Gasteiger charge is -2.42. The fraction of sp³-hybridized carbons (Fsp3) is 0.500. The van der Waals surface area contributed by atoms with E-state index >= 15 is 0 Å². The van der Waals surface area contributed by atoms with Crippen molar-refractivity contribution in [3.63, 3.8) is 0 Å². The number of piperidine rings is 1. The van der Waals surface area contributed by atoms with Crippen molar-refractivity contribution in [1.29, 1.82) is 0 Å². The molecule has 3 N–H and O–H groups in total. The number of nitrogens with one attached hydrogen (secondary N) is 2. The van der Waals surface area contributed by atoms with Crippen molar-refractivity contribution >= 4 is 22.8 Å². The van der Waals surface area contributed by atoms with Gasteiger partial charge in [0, 0.05) is 45.2 Å². The number of amides is 4. The number of aliphatic hydroxyl groups is 1. The van der Waals surface area contributed by atoms with Crippen molar-refractivity contribution in [3.8, 4) is 0 Å². The minimum atomic E-state index is -0.161. The maximum atomic E-state index is 13.2. The van der Waals surface area contributed by atoms with E-state index in [1.54, 1.807) is 11.9 Å². The molecule has 2 aromatic carbocycles. The molecule has 7 nitrogen and oxygen atoms in total. The average molecular weight is 425 g/mol. The van der Waals surface area contributed by atoms with Gasteiger partial charge in [0.05, 0.1) is 6.04 Å². The predicted octanol–water partition coefficient (Wildman–Crippen LogP) is 2.84. The first kappa shape index (κ1) is 21.4. The molecule has 1 saturated heterocycles. The van der Waals surface area contributed by atoms with Crippen LogP contribution in [0.5, 0.6) is 0 Å². The van der Waals surface area contributed by atoms with Crippen LogP contribution in [0.2, 0.25) is 0 Å². The molecule has 1 aliphatic carbocycles. The highest BCUT2D eigenvalue weighted by molar-refractivity contribution is 5.84. The maximum Gasteiger partial charge on any atom is 0.318 e. The van der Waals surface area contributed by atoms with E-state index in [9.17, 15) is 14.7 Å². The Bertz CT molecular complexity index is 959. The van der Waals surface area contributed by atoms with Crippen molar-refractivity contribution < 1.29 is 14.7 Å². The van der Waals surface area contributed by atoms with Gasteiger partial charge >= 0.3 is 12.1 Å². The summed E-state index contributed by atoms with van der Waals surface area (Å²) < 4.78 is 0. The van der Waals surface area contributed by atoms with Gasteiger partial charge in [0.25, 0.3) is 0 Å². The van der Waals surface area contributed by atoms with E-state index in [1.165, 1.54) is 16.3 Å². The van der Waals surface area contributed by atoms with Crippen LogP contribution in [0, 0.1) is 12.8 Å². The number of benzene rings is 2. The lowest BCUT2D eigenvalue weighted by Crippen LogP contribution is -2.58. The fourth-order valence-corrected chi connectivity index (χ4v) is 4.61. The molecule has 31 heavy (non-hydrogen) atoms. The van der Waals surface area contributed by atoms with Crippen LogP contribution in [-0.4, -0.2) is 65.8 Å². The summed E-state index contributed by atoms with van der Waals surface area (Å²) in [4.78, 5) is 29.0. The molecule has 0 bridgehead atoms. The van der Waals surface area contributed by atoms with Gasteiger partial charge in [-0.25, -0.2) is 9.59 Å². The van der Waals surface area contributed by atoms with Crippen LogP contribution in [0.4, 0.5) is 9.59 Å². The molecule has 2 unspecified atom stereocenters. The third kappa shape index (κ3) is 4.93. The lowest BCUT2D eigenvalue weighted by molar-refractivity contribution is 0.0690. The Morgan fingerprint density at radius 1 is 1.10 bits per heavy atom. The summed E-state index contributed by atoms with van der Waals surface area (Å²) in [6, 6.07) is 12.5. The van der Waals surface area contributed by atoms with Crippen molar-refractivity contribution in [1.82, 2.24) is 20.4 Å². The van der Waals surface area contributed by atoms with Gasteiger partial charge in [-0.2, -0.15) is 0 Å². The van der Waals surface area contributed by atoms with Crippen molar-refractivity contribution in [2.24, 2.45) is 5.92 Å². The van der Waals surface area contributed by atoms with Gasteiger partial charge in [-0.1, -0.05) is 35.9 Å². The van der Waals surface area contributed by atoms with Crippen LogP contribution < -0.4 is 10.6 Å². The highest BCUT2D eigenvalue weighted by Gasteiger charge is 2.41. The predicted molar refractivity (Wildman–Crippen MR) is 121 cm³/mol. The largest absolute Gasteiger partial charge is 0.396 e. The third-order valence-electron chi connectivity index (χ3n) is 6.35. The molecule has 2 atom stereocenters. The molecule has 1 aliphatic heterocycles. The molecule has 2 aromatic rings. The molecular weight excluding hydrogens is 392 g/mol. The fourth-order valence-electron chi connectivity index (χ4n) is 4.61. The van der Waals surface area contributed by atoms with Crippen LogP contribution in [0.15, 0.2) is 36.4 Å². The summed E-state index contributed by atoms with van der Waals surface area (Å²) in [5, 5.41) is 17.9. The van der Waals surface area contributed by atoms with E-state index in [-0.39, 0.29) is 36.7 Å². The molecule has 4 rings (SSSR count). The summed E-state index contributed by atoms with van der Waals surface area (Å²) in [5.74, 6) is -0.0196. The zero-order chi connectivity index (χ0) is 22.0. The van der Waals surface area contributed by atoms with Crippen molar-refractivity contribution in [2.75, 3.05) is 26.7 Å². The van der Waals surface area contributed by atoms with Gasteiger partial charge in [0.1, 0.15) is 0 Å². The van der Waals surface area contributed by atoms with E-state index in [0.29, 0.717) is 26.1 Å². The Hall–Kier alpha value is -2.80. The Balaban J connectivity index is 1.45. The van der Waals surface area contributed by atoms with Gasteiger partial charge in [-0.15, -0.1) is 0 Å². The van der Waals surface area contributed by atoms with Gasteiger partial charge < -0.3 is 25.5 Å². The smallest absolute Gasteiger partial charge is 0.318 e. The molecule has 2 aliphatic rings. The number of likely N-dealkylation sites (tertiary alicyclic amines) is 1. The van der Waals surface area contributed by atoms with E-state index in [0.717, 1.165) is 18.4 Å². The van der Waals surface area contributed by atoms with Gasteiger partial charge in [0.2, 0.25) is 0 Å². The molecule has 1 saturated carbocycles. The first-order valence-electron chi connectivity index (χ1n) is 11.1. The molecular formula is C24H32N4O3. The third-order valence-corrected chi connectivity index (χ3v) is 6.35. The molecule has 0 aromatic heterocycles. The van der Waals surface area contributed by atoms with E-state index < -0.39 is 0 Å². The number of nitrogens with zero attached hydrogens (tertiary/aromatic N) is 2. The summed E-state index contributed by atoms with van der Waals surface area (Å²) in [7, 11) is 1.61. The Labute approximate surface area is 183 Å². The Kier molecular flexibility index (Phi) is 6.32. The normalized spacial score (nSPS) is 21.1. The molecule has 166 valence electrons. The number of hydrogen-bond donors (Lipinski definition) is 3. The van der Waals surface area contributed by atoms with E-state index in [1.807, 2.05) is 4.90 Å². The average Bonchev–Trinajstić information content (AvgIpc) is 3.61. The second-order valence-corrected chi connectivity index (χ2v) is 8.88. The van der Waals surface area contributed by atoms with Crippen LogP contribution in [0.3, 0.4) is 0 Å². The monoisotopic (exact) mass is 424 g/mol. The zero-order valence-corrected chi connectivity index (χ0v) is 18.3. The summed E-state index contributed by atoms with van der Waals surface area (Å²) in [6.07, 6.45) is 2.69. The molecule has 2 fully saturated rings. The molecule has 0 radical (unpaired) electrons. The second kappa shape index (κ2) is 9.14. The van der Waals surface area contributed by atoms with Gasteiger partial charge in [-0.05, 0) is 48.6 Å². The zero-order valence-electron chi connectivity index (χ0n) is 18.3. The van der Waals surface area contributed by atoms with E-state index in [2.05, 4.69) is 54.0 Å². The number of urea groups is 2. The topological polar surface area (TPSA) is 84.9 Å².